The van der Waals surface area contributed by atoms with Gasteiger partial charge in [-0.3, -0.25) is 4.79 Å². The van der Waals surface area contributed by atoms with Crippen LogP contribution < -0.4 is 5.56 Å². The summed E-state index contributed by atoms with van der Waals surface area (Å²) in [5.41, 5.74) is 2.40. The molecule has 5 nitrogen and oxygen atoms in total. The van der Waals surface area contributed by atoms with E-state index in [9.17, 15) is 4.79 Å². The number of nitrogens with zero attached hydrogens (tertiary/aromatic N) is 4. The summed E-state index contributed by atoms with van der Waals surface area (Å²) in [6.45, 7) is 3.51. The quantitative estimate of drug-likeness (QED) is 0.693. The van der Waals surface area contributed by atoms with Gasteiger partial charge in [0.1, 0.15) is 5.52 Å². The molecule has 114 valence electrons. The summed E-state index contributed by atoms with van der Waals surface area (Å²) in [5.74, 6) is 0. The fourth-order valence-corrected chi connectivity index (χ4v) is 2.78. The molecule has 0 aliphatic rings. The first kappa shape index (κ1) is 14.7. The van der Waals surface area contributed by atoms with Crippen molar-refractivity contribution in [2.45, 2.75) is 19.9 Å². The van der Waals surface area contributed by atoms with E-state index in [-0.39, 0.29) is 5.56 Å². The van der Waals surface area contributed by atoms with E-state index in [4.69, 9.17) is 0 Å². The highest BCUT2D eigenvalue weighted by atomic mass is 16.1. The monoisotopic (exact) mass is 296 g/mol. The van der Waals surface area contributed by atoms with E-state index in [2.05, 4.69) is 15.1 Å². The fourth-order valence-electron chi connectivity index (χ4n) is 2.78. The predicted molar refractivity (Wildman–Crippen MR) is 89.2 cm³/mol. The van der Waals surface area contributed by atoms with Crippen molar-refractivity contribution in [3.63, 3.8) is 0 Å². The minimum absolute atomic E-state index is 0.0189. The van der Waals surface area contributed by atoms with Crippen molar-refractivity contribution in [2.24, 2.45) is 0 Å². The second-order valence-corrected chi connectivity index (χ2v) is 5.88. The van der Waals surface area contributed by atoms with E-state index < -0.39 is 0 Å². The maximum atomic E-state index is 12.9. The number of aryl methyl sites for hydroxylation is 2. The third kappa shape index (κ3) is 2.60. The normalized spacial score (nSPS) is 11.6. The van der Waals surface area contributed by atoms with E-state index in [1.54, 1.807) is 0 Å². The molecule has 22 heavy (non-hydrogen) atoms. The highest BCUT2D eigenvalue weighted by molar-refractivity contribution is 6.02. The van der Waals surface area contributed by atoms with Gasteiger partial charge in [-0.2, -0.15) is 5.10 Å². The Balaban J connectivity index is 2.23. The lowest BCUT2D eigenvalue weighted by molar-refractivity contribution is 0.387. The van der Waals surface area contributed by atoms with Gasteiger partial charge in [0.05, 0.1) is 16.6 Å². The summed E-state index contributed by atoms with van der Waals surface area (Å²) in [7, 11) is 4.08. The van der Waals surface area contributed by atoms with Crippen molar-refractivity contribution in [3.05, 3.63) is 46.4 Å². The van der Waals surface area contributed by atoms with Gasteiger partial charge in [-0.25, -0.2) is 0 Å². The van der Waals surface area contributed by atoms with Gasteiger partial charge in [0, 0.05) is 11.9 Å². The van der Waals surface area contributed by atoms with Crippen LogP contribution in [0.2, 0.25) is 0 Å². The van der Waals surface area contributed by atoms with Crippen molar-refractivity contribution in [1.29, 1.82) is 0 Å². The van der Waals surface area contributed by atoms with Crippen molar-refractivity contribution in [1.82, 2.24) is 19.7 Å². The first-order chi connectivity index (χ1) is 10.6. The van der Waals surface area contributed by atoms with Crippen LogP contribution in [0, 0.1) is 6.92 Å². The van der Waals surface area contributed by atoms with Gasteiger partial charge in [-0.05, 0) is 46.1 Å². The van der Waals surface area contributed by atoms with Crippen LogP contribution >= 0.6 is 0 Å². The molecule has 0 bridgehead atoms. The Kier molecular flexibility index (Phi) is 3.90. The molecule has 3 rings (SSSR count). The summed E-state index contributed by atoms with van der Waals surface area (Å²) in [4.78, 5) is 15.0. The van der Waals surface area contributed by atoms with Crippen LogP contribution in [0.4, 0.5) is 0 Å². The third-order valence-electron chi connectivity index (χ3n) is 3.83. The van der Waals surface area contributed by atoms with Crippen LogP contribution in [0.15, 0.2) is 35.1 Å². The zero-order chi connectivity index (χ0) is 15.7. The number of fused-ring (bicyclic) bond motifs is 3. The molecule has 0 fully saturated rings. The second-order valence-electron chi connectivity index (χ2n) is 5.88. The molecule has 0 unspecified atom stereocenters. The molecule has 0 aliphatic heterocycles. The smallest absolute Gasteiger partial charge is 0.260 e. The van der Waals surface area contributed by atoms with Gasteiger partial charge in [0.15, 0.2) is 0 Å². The molecule has 2 aromatic heterocycles. The Morgan fingerprint density at radius 3 is 2.68 bits per heavy atom. The molecule has 0 atom stereocenters. The maximum absolute atomic E-state index is 12.9. The molecule has 0 spiro atoms. The number of pyridine rings is 1. The number of rotatable bonds is 4. The summed E-state index contributed by atoms with van der Waals surface area (Å²) in [6, 6.07) is 9.74. The number of benzene rings is 1. The Labute approximate surface area is 129 Å². The summed E-state index contributed by atoms with van der Waals surface area (Å²) in [5, 5.41) is 9.99. The molecule has 0 saturated heterocycles. The number of aromatic nitrogens is 3. The van der Waals surface area contributed by atoms with Gasteiger partial charge in [0.2, 0.25) is 0 Å². The minimum atomic E-state index is 0.0189. The Morgan fingerprint density at radius 2 is 1.91 bits per heavy atom. The molecule has 0 radical (unpaired) electrons. The highest BCUT2D eigenvalue weighted by Gasteiger charge is 2.12. The van der Waals surface area contributed by atoms with Crippen LogP contribution in [0.5, 0.6) is 0 Å². The molecule has 3 aromatic rings. The highest BCUT2D eigenvalue weighted by Crippen LogP contribution is 2.20. The Bertz CT molecular complexity index is 883. The summed E-state index contributed by atoms with van der Waals surface area (Å²) >= 11 is 0. The topological polar surface area (TPSA) is 51.0 Å². The molecule has 0 aliphatic carbocycles. The van der Waals surface area contributed by atoms with Crippen LogP contribution in [0.3, 0.4) is 0 Å². The van der Waals surface area contributed by atoms with E-state index in [0.29, 0.717) is 17.4 Å². The van der Waals surface area contributed by atoms with Crippen LogP contribution in [0.25, 0.3) is 21.8 Å². The zero-order valence-electron chi connectivity index (χ0n) is 13.2. The van der Waals surface area contributed by atoms with E-state index in [1.165, 1.54) is 0 Å². The average molecular weight is 296 g/mol. The lowest BCUT2D eigenvalue weighted by Crippen LogP contribution is -2.24. The molecular formula is C17H20N4O. The molecule has 5 heteroatoms. The van der Waals surface area contributed by atoms with Crippen molar-refractivity contribution < 1.29 is 0 Å². The molecule has 2 heterocycles. The zero-order valence-corrected chi connectivity index (χ0v) is 13.2. The number of hydrogen-bond donors (Lipinski definition) is 0. The molecule has 0 saturated carbocycles. The van der Waals surface area contributed by atoms with Gasteiger partial charge >= 0.3 is 0 Å². The van der Waals surface area contributed by atoms with Crippen LogP contribution in [-0.2, 0) is 6.54 Å². The average Bonchev–Trinajstić information content (AvgIpc) is 2.50. The summed E-state index contributed by atoms with van der Waals surface area (Å²) < 4.78 is 1.86. The molecule has 1 aromatic carbocycles. The van der Waals surface area contributed by atoms with Gasteiger partial charge in [-0.1, -0.05) is 18.2 Å². The molecular weight excluding hydrogens is 276 g/mol. The number of hydrogen-bond acceptors (Lipinski definition) is 4. The maximum Gasteiger partial charge on any atom is 0.260 e. The van der Waals surface area contributed by atoms with Gasteiger partial charge < -0.3 is 9.47 Å². The lowest BCUT2D eigenvalue weighted by atomic mass is 10.1. The van der Waals surface area contributed by atoms with Crippen molar-refractivity contribution in [3.8, 4) is 0 Å². The second kappa shape index (κ2) is 5.85. The summed E-state index contributed by atoms with van der Waals surface area (Å²) in [6.07, 6.45) is 0.930. The van der Waals surface area contributed by atoms with E-state index >= 15 is 0 Å². The first-order valence-electron chi connectivity index (χ1n) is 7.48. The standard InChI is InChI=1S/C17H20N4O/c1-12-11-14-16(19-18-12)13-7-4-5-8-15(13)21(17(14)22)10-6-9-20(2)3/h4-5,7-8,11H,6,9-10H2,1-3H3. The van der Waals surface area contributed by atoms with Gasteiger partial charge in [0.25, 0.3) is 5.56 Å². The van der Waals surface area contributed by atoms with E-state index in [0.717, 1.165) is 29.6 Å². The Morgan fingerprint density at radius 1 is 1.14 bits per heavy atom. The largest absolute Gasteiger partial charge is 0.309 e. The number of para-hydroxylation sites is 1. The van der Waals surface area contributed by atoms with Crippen LogP contribution in [0.1, 0.15) is 12.1 Å². The fraction of sp³-hybridized carbons (Fsp3) is 0.353. The van der Waals surface area contributed by atoms with E-state index in [1.807, 2.05) is 55.9 Å². The first-order valence-corrected chi connectivity index (χ1v) is 7.48. The van der Waals surface area contributed by atoms with Crippen molar-refractivity contribution >= 4 is 21.8 Å². The van der Waals surface area contributed by atoms with Gasteiger partial charge in [-0.15, -0.1) is 5.10 Å². The molecule has 0 N–H and O–H groups in total. The minimum Gasteiger partial charge on any atom is -0.309 e. The van der Waals surface area contributed by atoms with Crippen molar-refractivity contribution in [2.75, 3.05) is 20.6 Å². The lowest BCUT2D eigenvalue weighted by Gasteiger charge is -2.14. The predicted octanol–water partition coefficient (Wildman–Crippen LogP) is 2.20. The third-order valence-corrected chi connectivity index (χ3v) is 3.83. The molecule has 0 amide bonds. The SMILES string of the molecule is Cc1cc2c(=O)n(CCCN(C)C)c3ccccc3c2nn1. The van der Waals surface area contributed by atoms with Crippen LogP contribution in [-0.4, -0.2) is 40.3 Å². The Hall–Kier alpha value is -2.27.